The molecule has 0 atom stereocenters. The van der Waals surface area contributed by atoms with Gasteiger partial charge < -0.3 is 10.1 Å². The molecule has 0 amide bonds. The number of nitrogens with one attached hydrogen (secondary N) is 1. The Labute approximate surface area is 175 Å². The Morgan fingerprint density at radius 1 is 1.00 bits per heavy atom. The summed E-state index contributed by atoms with van der Waals surface area (Å²) in [4.78, 5) is 29.3. The lowest BCUT2D eigenvalue weighted by Gasteiger charge is -2.20. The maximum Gasteiger partial charge on any atom is 0.193 e. The van der Waals surface area contributed by atoms with Crippen molar-refractivity contribution in [1.82, 2.24) is 9.55 Å². The number of fused-ring (bicyclic) bond motifs is 1. The standard InChI is InChI=1S/C25H23N3O2/c1-17-15-22-25(21(26-17)14-13-18(2)29)23(30)16-24(27-19-9-5-3-6-10-19)28(22)20-11-7-4-8-12-20/h3-12,15-16,27H,13-14H2,1-2H3. The summed E-state index contributed by atoms with van der Waals surface area (Å²) >= 11 is 0. The predicted octanol–water partition coefficient (Wildman–Crippen LogP) is 4.96. The lowest BCUT2D eigenvalue weighted by molar-refractivity contribution is -0.116. The van der Waals surface area contributed by atoms with Gasteiger partial charge in [-0.05, 0) is 50.6 Å². The first-order valence-electron chi connectivity index (χ1n) is 9.96. The molecular weight excluding hydrogens is 374 g/mol. The third kappa shape index (κ3) is 4.01. The van der Waals surface area contributed by atoms with Gasteiger partial charge in [0.05, 0.1) is 16.6 Å². The van der Waals surface area contributed by atoms with Crippen LogP contribution in [0.2, 0.25) is 0 Å². The zero-order valence-electron chi connectivity index (χ0n) is 17.1. The first kappa shape index (κ1) is 19.6. The van der Waals surface area contributed by atoms with Gasteiger partial charge in [-0.1, -0.05) is 36.4 Å². The Kier molecular flexibility index (Phi) is 5.44. The van der Waals surface area contributed by atoms with Gasteiger partial charge in [-0.25, -0.2) is 0 Å². The van der Waals surface area contributed by atoms with Crippen molar-refractivity contribution in [2.45, 2.75) is 26.7 Å². The average Bonchev–Trinajstić information content (AvgIpc) is 2.73. The molecule has 0 aliphatic heterocycles. The van der Waals surface area contributed by atoms with Crippen molar-refractivity contribution in [3.05, 3.63) is 94.4 Å². The number of carbonyl (C=O) groups excluding carboxylic acids is 1. The summed E-state index contributed by atoms with van der Waals surface area (Å²) in [5.41, 5.74) is 3.97. The molecule has 0 radical (unpaired) electrons. The lowest BCUT2D eigenvalue weighted by Crippen LogP contribution is -2.15. The molecule has 0 bridgehead atoms. The van der Waals surface area contributed by atoms with E-state index in [2.05, 4.69) is 10.3 Å². The monoisotopic (exact) mass is 397 g/mol. The molecule has 4 aromatic rings. The van der Waals surface area contributed by atoms with Crippen LogP contribution < -0.4 is 10.7 Å². The third-order valence-corrected chi connectivity index (χ3v) is 4.97. The second-order valence-electron chi connectivity index (χ2n) is 7.36. The van der Waals surface area contributed by atoms with Crippen molar-refractivity contribution in [3.8, 4) is 5.69 Å². The number of aromatic nitrogens is 2. The fraction of sp³-hybridized carbons (Fsp3) is 0.160. The van der Waals surface area contributed by atoms with Crippen LogP contribution in [0.15, 0.2) is 77.6 Å². The van der Waals surface area contributed by atoms with Crippen LogP contribution in [0, 0.1) is 6.92 Å². The number of Topliss-reactive ketones (excluding diaryl/α,β-unsaturated/α-hetero) is 1. The van der Waals surface area contributed by atoms with Crippen LogP contribution in [-0.4, -0.2) is 15.3 Å². The highest BCUT2D eigenvalue weighted by molar-refractivity contribution is 5.87. The van der Waals surface area contributed by atoms with Gasteiger partial charge in [0.25, 0.3) is 0 Å². The van der Waals surface area contributed by atoms with Crippen LogP contribution in [0.3, 0.4) is 0 Å². The second kappa shape index (κ2) is 8.33. The zero-order valence-corrected chi connectivity index (χ0v) is 17.1. The van der Waals surface area contributed by atoms with Crippen molar-refractivity contribution >= 4 is 28.2 Å². The molecule has 0 saturated carbocycles. The summed E-state index contributed by atoms with van der Waals surface area (Å²) in [5.74, 6) is 0.755. The van der Waals surface area contributed by atoms with E-state index in [1.807, 2.05) is 78.2 Å². The molecule has 2 heterocycles. The molecule has 0 aliphatic carbocycles. The molecule has 150 valence electrons. The van der Waals surface area contributed by atoms with Crippen LogP contribution in [0.25, 0.3) is 16.6 Å². The van der Waals surface area contributed by atoms with Gasteiger partial charge in [0.2, 0.25) is 0 Å². The van der Waals surface area contributed by atoms with Gasteiger partial charge in [-0.3, -0.25) is 14.3 Å². The Morgan fingerprint density at radius 2 is 1.67 bits per heavy atom. The number of nitrogens with zero attached hydrogens (tertiary/aromatic N) is 2. The smallest absolute Gasteiger partial charge is 0.193 e. The van der Waals surface area contributed by atoms with E-state index in [4.69, 9.17) is 0 Å². The van der Waals surface area contributed by atoms with Gasteiger partial charge in [0.1, 0.15) is 11.6 Å². The predicted molar refractivity (Wildman–Crippen MR) is 121 cm³/mol. The SMILES string of the molecule is CC(=O)CCc1nc(C)cc2c1c(=O)cc(Nc1ccccc1)n2-c1ccccc1. The van der Waals surface area contributed by atoms with E-state index in [1.165, 1.54) is 0 Å². The summed E-state index contributed by atoms with van der Waals surface area (Å²) in [6.45, 7) is 3.47. The second-order valence-corrected chi connectivity index (χ2v) is 7.36. The Balaban J connectivity index is 2.00. The summed E-state index contributed by atoms with van der Waals surface area (Å²) in [6, 6.07) is 23.2. The van der Waals surface area contributed by atoms with Crippen molar-refractivity contribution < 1.29 is 4.79 Å². The number of carbonyl (C=O) groups is 1. The maximum absolute atomic E-state index is 13.2. The summed E-state index contributed by atoms with van der Waals surface area (Å²) in [6.07, 6.45) is 0.809. The molecule has 4 rings (SSSR count). The van der Waals surface area contributed by atoms with Gasteiger partial charge in [0, 0.05) is 29.6 Å². The van der Waals surface area contributed by atoms with Crippen LogP contribution in [0.1, 0.15) is 24.7 Å². The van der Waals surface area contributed by atoms with Crippen LogP contribution >= 0.6 is 0 Å². The molecule has 2 aromatic carbocycles. The van der Waals surface area contributed by atoms with Crippen LogP contribution in [-0.2, 0) is 11.2 Å². The highest BCUT2D eigenvalue weighted by atomic mass is 16.1. The van der Waals surface area contributed by atoms with Crippen molar-refractivity contribution in [2.24, 2.45) is 0 Å². The van der Waals surface area contributed by atoms with Crippen molar-refractivity contribution in [3.63, 3.8) is 0 Å². The van der Waals surface area contributed by atoms with Gasteiger partial charge >= 0.3 is 0 Å². The minimum absolute atomic E-state index is 0.0807. The first-order chi connectivity index (χ1) is 14.5. The maximum atomic E-state index is 13.2. The summed E-state index contributed by atoms with van der Waals surface area (Å²) < 4.78 is 2.04. The Bertz CT molecular complexity index is 1260. The number of hydrogen-bond donors (Lipinski definition) is 1. The molecule has 0 saturated heterocycles. The molecular formula is C25H23N3O2. The van der Waals surface area contributed by atoms with E-state index in [9.17, 15) is 9.59 Å². The third-order valence-electron chi connectivity index (χ3n) is 4.97. The molecule has 2 aromatic heterocycles. The molecule has 0 aliphatic rings. The van der Waals surface area contributed by atoms with Crippen LogP contribution in [0.5, 0.6) is 0 Å². The highest BCUT2D eigenvalue weighted by Crippen LogP contribution is 2.27. The number of hydrogen-bond acceptors (Lipinski definition) is 4. The first-order valence-corrected chi connectivity index (χ1v) is 9.96. The lowest BCUT2D eigenvalue weighted by atomic mass is 10.1. The number of anilines is 2. The molecule has 5 nitrogen and oxygen atoms in total. The Morgan fingerprint density at radius 3 is 2.33 bits per heavy atom. The molecule has 5 heteroatoms. The number of ketones is 1. The van der Waals surface area contributed by atoms with E-state index in [0.29, 0.717) is 29.7 Å². The minimum Gasteiger partial charge on any atom is -0.341 e. The number of aryl methyl sites for hydroxylation is 2. The zero-order chi connectivity index (χ0) is 21.1. The molecule has 0 fully saturated rings. The average molecular weight is 397 g/mol. The molecule has 0 unspecified atom stereocenters. The fourth-order valence-electron chi connectivity index (χ4n) is 3.65. The fourth-order valence-corrected chi connectivity index (χ4v) is 3.65. The Hall–Kier alpha value is -3.73. The van der Waals surface area contributed by atoms with E-state index < -0.39 is 0 Å². The summed E-state index contributed by atoms with van der Waals surface area (Å²) in [5, 5.41) is 3.94. The topological polar surface area (TPSA) is 64.0 Å². The van der Waals surface area contributed by atoms with E-state index in [-0.39, 0.29) is 11.2 Å². The van der Waals surface area contributed by atoms with Crippen molar-refractivity contribution in [2.75, 3.05) is 5.32 Å². The van der Waals surface area contributed by atoms with Crippen LogP contribution in [0.4, 0.5) is 11.5 Å². The highest BCUT2D eigenvalue weighted by Gasteiger charge is 2.16. The van der Waals surface area contributed by atoms with Gasteiger partial charge in [0.15, 0.2) is 5.43 Å². The van der Waals surface area contributed by atoms with Gasteiger partial charge in [-0.2, -0.15) is 0 Å². The number of para-hydroxylation sites is 2. The number of benzene rings is 2. The van der Waals surface area contributed by atoms with Gasteiger partial charge in [-0.15, -0.1) is 0 Å². The summed E-state index contributed by atoms with van der Waals surface area (Å²) in [7, 11) is 0. The molecule has 1 N–H and O–H groups in total. The van der Waals surface area contributed by atoms with E-state index in [0.717, 1.165) is 22.6 Å². The normalized spacial score (nSPS) is 10.9. The largest absolute Gasteiger partial charge is 0.341 e. The van der Waals surface area contributed by atoms with Crippen molar-refractivity contribution in [1.29, 1.82) is 0 Å². The molecule has 30 heavy (non-hydrogen) atoms. The minimum atomic E-state index is -0.110. The van der Waals surface area contributed by atoms with E-state index >= 15 is 0 Å². The quantitative estimate of drug-likeness (QED) is 0.499. The molecule has 0 spiro atoms. The number of pyridine rings is 2. The van der Waals surface area contributed by atoms with E-state index in [1.54, 1.807) is 13.0 Å². The number of rotatable bonds is 6.